The van der Waals surface area contributed by atoms with Crippen LogP contribution in [-0.2, 0) is 4.84 Å². The summed E-state index contributed by atoms with van der Waals surface area (Å²) < 4.78 is 0. The van der Waals surface area contributed by atoms with Crippen LogP contribution in [0.5, 0.6) is 0 Å². The number of rotatable bonds is 3. The number of benzene rings is 1. The molecular weight excluding hydrogens is 142 g/mol. The number of para-hydroxylation sites is 2. The van der Waals surface area contributed by atoms with Gasteiger partial charge >= 0.3 is 0 Å². The molecule has 0 saturated heterocycles. The van der Waals surface area contributed by atoms with E-state index < -0.39 is 0 Å². The summed E-state index contributed by atoms with van der Waals surface area (Å²) in [4.78, 5) is 4.72. The Morgan fingerprint density at radius 2 is 1.91 bits per heavy atom. The van der Waals surface area contributed by atoms with E-state index in [2.05, 4.69) is 10.9 Å². The van der Waals surface area contributed by atoms with Crippen LogP contribution in [0.1, 0.15) is 0 Å². The lowest BCUT2D eigenvalue weighted by atomic mass is 10.3. The van der Waals surface area contributed by atoms with Gasteiger partial charge in [-0.05, 0) is 12.1 Å². The number of anilines is 2. The van der Waals surface area contributed by atoms with Crippen molar-refractivity contribution in [3.63, 3.8) is 0 Å². The van der Waals surface area contributed by atoms with Gasteiger partial charge in [-0.2, -0.15) is 0 Å². The van der Waals surface area contributed by atoms with Gasteiger partial charge in [-0.25, -0.2) is 0 Å². The van der Waals surface area contributed by atoms with Crippen LogP contribution in [0.4, 0.5) is 11.4 Å². The van der Waals surface area contributed by atoms with Crippen molar-refractivity contribution in [1.29, 1.82) is 0 Å². The van der Waals surface area contributed by atoms with Gasteiger partial charge in [0.05, 0.1) is 18.5 Å². The van der Waals surface area contributed by atoms with Gasteiger partial charge in [-0.1, -0.05) is 12.1 Å². The van der Waals surface area contributed by atoms with Crippen LogP contribution in [0.2, 0.25) is 0 Å². The van der Waals surface area contributed by atoms with Gasteiger partial charge in [-0.3, -0.25) is 16.2 Å². The van der Waals surface area contributed by atoms with Crippen LogP contribution in [0.25, 0.3) is 0 Å². The second kappa shape index (κ2) is 3.80. The Morgan fingerprint density at radius 1 is 1.27 bits per heavy atom. The first-order valence-corrected chi connectivity index (χ1v) is 3.23. The molecule has 0 radical (unpaired) electrons. The van der Waals surface area contributed by atoms with Crippen LogP contribution in [-0.4, -0.2) is 7.11 Å². The minimum atomic E-state index is 0.800. The zero-order valence-electron chi connectivity index (χ0n) is 6.29. The van der Waals surface area contributed by atoms with Gasteiger partial charge in [-0.15, -0.1) is 0 Å². The molecule has 11 heavy (non-hydrogen) atoms. The first-order chi connectivity index (χ1) is 5.38. The molecule has 60 valence electrons. The van der Waals surface area contributed by atoms with Gasteiger partial charge < -0.3 is 5.43 Å². The SMILES string of the molecule is CONc1ccccc1NN. The molecule has 0 aliphatic heterocycles. The molecule has 4 nitrogen and oxygen atoms in total. The predicted octanol–water partition coefficient (Wildman–Crippen LogP) is 0.946. The topological polar surface area (TPSA) is 59.3 Å². The zero-order chi connectivity index (χ0) is 8.10. The Morgan fingerprint density at radius 3 is 2.45 bits per heavy atom. The molecule has 1 aromatic carbocycles. The van der Waals surface area contributed by atoms with E-state index in [0.29, 0.717) is 0 Å². The van der Waals surface area contributed by atoms with Crippen LogP contribution >= 0.6 is 0 Å². The maximum absolute atomic E-state index is 5.24. The molecule has 0 bridgehead atoms. The normalized spacial score (nSPS) is 9.27. The Labute approximate surface area is 65.3 Å². The lowest BCUT2D eigenvalue weighted by Crippen LogP contribution is -2.09. The minimum absolute atomic E-state index is 0.800. The van der Waals surface area contributed by atoms with Crippen LogP contribution < -0.4 is 16.7 Å². The van der Waals surface area contributed by atoms with Crippen molar-refractivity contribution in [2.75, 3.05) is 18.0 Å². The third-order valence-corrected chi connectivity index (χ3v) is 1.29. The summed E-state index contributed by atoms with van der Waals surface area (Å²) in [6.07, 6.45) is 0. The minimum Gasteiger partial charge on any atom is -0.322 e. The monoisotopic (exact) mass is 153 g/mol. The maximum atomic E-state index is 5.24. The molecule has 0 aromatic heterocycles. The van der Waals surface area contributed by atoms with Crippen molar-refractivity contribution in [3.05, 3.63) is 24.3 Å². The van der Waals surface area contributed by atoms with Crippen molar-refractivity contribution in [2.24, 2.45) is 5.84 Å². The summed E-state index contributed by atoms with van der Waals surface area (Å²) in [6.45, 7) is 0. The summed E-state index contributed by atoms with van der Waals surface area (Å²) in [5.74, 6) is 5.24. The summed E-state index contributed by atoms with van der Waals surface area (Å²) in [7, 11) is 1.55. The molecule has 0 unspecified atom stereocenters. The van der Waals surface area contributed by atoms with E-state index in [9.17, 15) is 0 Å². The van der Waals surface area contributed by atoms with Crippen molar-refractivity contribution in [3.8, 4) is 0 Å². The quantitative estimate of drug-likeness (QED) is 0.447. The van der Waals surface area contributed by atoms with Gasteiger partial charge in [0.15, 0.2) is 0 Å². The second-order valence-corrected chi connectivity index (χ2v) is 2.00. The van der Waals surface area contributed by atoms with Crippen LogP contribution in [0.15, 0.2) is 24.3 Å². The van der Waals surface area contributed by atoms with E-state index in [4.69, 9.17) is 10.7 Å². The van der Waals surface area contributed by atoms with E-state index in [1.54, 1.807) is 7.11 Å². The zero-order valence-corrected chi connectivity index (χ0v) is 6.29. The highest BCUT2D eigenvalue weighted by Gasteiger charge is 1.95. The largest absolute Gasteiger partial charge is 0.322 e. The number of nitrogens with one attached hydrogen (secondary N) is 2. The third-order valence-electron chi connectivity index (χ3n) is 1.29. The number of nitrogens with two attached hydrogens (primary N) is 1. The fraction of sp³-hybridized carbons (Fsp3) is 0.143. The molecular formula is C7H11N3O. The lowest BCUT2D eigenvalue weighted by Gasteiger charge is -2.07. The molecule has 1 aromatic rings. The highest BCUT2D eigenvalue weighted by molar-refractivity contribution is 5.66. The van der Waals surface area contributed by atoms with E-state index in [0.717, 1.165) is 11.4 Å². The Balaban J connectivity index is 2.83. The molecule has 0 amide bonds. The standard InChI is InChI=1S/C7H11N3O/c1-11-10-7-5-3-2-4-6(7)9-8/h2-5,9-10H,8H2,1H3. The van der Waals surface area contributed by atoms with Crippen molar-refractivity contribution in [1.82, 2.24) is 0 Å². The van der Waals surface area contributed by atoms with Crippen molar-refractivity contribution >= 4 is 11.4 Å². The van der Waals surface area contributed by atoms with E-state index >= 15 is 0 Å². The predicted molar refractivity (Wildman–Crippen MR) is 44.9 cm³/mol. The van der Waals surface area contributed by atoms with Crippen molar-refractivity contribution < 1.29 is 4.84 Å². The third kappa shape index (κ3) is 1.83. The first-order valence-electron chi connectivity index (χ1n) is 3.23. The molecule has 0 heterocycles. The molecule has 4 heteroatoms. The molecule has 0 aliphatic rings. The molecule has 4 N–H and O–H groups in total. The maximum Gasteiger partial charge on any atom is 0.0848 e. The van der Waals surface area contributed by atoms with E-state index in [1.165, 1.54) is 0 Å². The molecule has 1 rings (SSSR count). The van der Waals surface area contributed by atoms with Gasteiger partial charge in [0.25, 0.3) is 0 Å². The Kier molecular flexibility index (Phi) is 2.71. The van der Waals surface area contributed by atoms with Gasteiger partial charge in [0.2, 0.25) is 0 Å². The van der Waals surface area contributed by atoms with Crippen LogP contribution in [0.3, 0.4) is 0 Å². The molecule has 0 aliphatic carbocycles. The smallest absolute Gasteiger partial charge is 0.0848 e. The van der Waals surface area contributed by atoms with Gasteiger partial charge in [0, 0.05) is 0 Å². The van der Waals surface area contributed by atoms with Gasteiger partial charge in [0.1, 0.15) is 0 Å². The fourth-order valence-corrected chi connectivity index (χ4v) is 0.808. The number of hydrogen-bond acceptors (Lipinski definition) is 4. The second-order valence-electron chi connectivity index (χ2n) is 2.00. The van der Waals surface area contributed by atoms with Crippen molar-refractivity contribution in [2.45, 2.75) is 0 Å². The fourth-order valence-electron chi connectivity index (χ4n) is 0.808. The number of nitrogen functional groups attached to an aromatic ring is 1. The summed E-state index contributed by atoms with van der Waals surface area (Å²) in [5, 5.41) is 0. The van der Waals surface area contributed by atoms with Crippen LogP contribution in [0, 0.1) is 0 Å². The summed E-state index contributed by atoms with van der Waals surface area (Å²) in [5.41, 5.74) is 6.84. The lowest BCUT2D eigenvalue weighted by molar-refractivity contribution is 0.271. The van der Waals surface area contributed by atoms with E-state index in [-0.39, 0.29) is 0 Å². The highest BCUT2D eigenvalue weighted by atomic mass is 16.6. The van der Waals surface area contributed by atoms with E-state index in [1.807, 2.05) is 24.3 Å². The summed E-state index contributed by atoms with van der Waals surface area (Å²) in [6, 6.07) is 7.48. The molecule has 0 fully saturated rings. The molecule has 0 saturated carbocycles. The molecule has 0 spiro atoms. The number of hydrazine groups is 1. The highest BCUT2D eigenvalue weighted by Crippen LogP contribution is 2.18. The molecule has 0 atom stereocenters. The Bertz CT molecular complexity index is 227. The average Bonchev–Trinajstić information content (AvgIpc) is 2.06. The number of hydrogen-bond donors (Lipinski definition) is 3. The first kappa shape index (κ1) is 7.84. The Hall–Kier alpha value is -1.26. The summed E-state index contributed by atoms with van der Waals surface area (Å²) >= 11 is 0. The average molecular weight is 153 g/mol.